The van der Waals surface area contributed by atoms with Crippen LogP contribution in [0.15, 0.2) is 18.3 Å². The number of anilines is 2. The van der Waals surface area contributed by atoms with Gasteiger partial charge in [0.1, 0.15) is 17.0 Å². The Hall–Kier alpha value is -2.55. The molecule has 0 amide bonds. The van der Waals surface area contributed by atoms with E-state index in [0.29, 0.717) is 44.1 Å². The fourth-order valence-corrected chi connectivity index (χ4v) is 4.43. The van der Waals surface area contributed by atoms with Crippen LogP contribution in [-0.4, -0.2) is 60.3 Å². The van der Waals surface area contributed by atoms with E-state index in [0.717, 1.165) is 31.3 Å². The summed E-state index contributed by atoms with van der Waals surface area (Å²) in [5.41, 5.74) is 7.58. The van der Waals surface area contributed by atoms with Gasteiger partial charge in [-0.05, 0) is 39.0 Å². The van der Waals surface area contributed by atoms with Crippen molar-refractivity contribution < 1.29 is 9.47 Å². The number of nitrogen functional groups attached to an aromatic ring is 1. The number of hydrogen-bond donors (Lipinski definition) is 2. The minimum Gasteiger partial charge on any atom is -0.495 e. The molecule has 10 heteroatoms. The second-order valence-electron chi connectivity index (χ2n) is 7.53. The third-order valence-electron chi connectivity index (χ3n) is 5.47. The number of benzene rings is 1. The molecule has 4 rings (SSSR count). The van der Waals surface area contributed by atoms with Crippen LogP contribution in [0, 0.1) is 0 Å². The minimum atomic E-state index is 0.188. The molecule has 0 aliphatic carbocycles. The summed E-state index contributed by atoms with van der Waals surface area (Å²) in [5, 5.41) is 5.01. The first kappa shape index (κ1) is 21.7. The summed E-state index contributed by atoms with van der Waals surface area (Å²) in [6.07, 6.45) is 3.67. The molecule has 0 spiro atoms. The second kappa shape index (κ2) is 8.90. The maximum absolute atomic E-state index is 6.63. The van der Waals surface area contributed by atoms with E-state index in [1.54, 1.807) is 12.3 Å². The molecule has 3 aromatic rings. The standard InChI is InChI=1S/C21H24Cl2N6O2/c1-29-6-4-12(5-7-29)26-20-19-11(10-25-21(24)28-19)8-13(27-20)16-17(22)14(30-2)9-15(31-3)18(16)23/h8-10,12H,4-7H2,1-3H3,(H,26,27)(H2,24,25,28). The first-order valence-electron chi connectivity index (χ1n) is 9.90. The number of aromatic nitrogens is 3. The topological polar surface area (TPSA) is 98.4 Å². The van der Waals surface area contributed by atoms with E-state index in [1.165, 1.54) is 14.2 Å². The van der Waals surface area contributed by atoms with Gasteiger partial charge in [-0.15, -0.1) is 0 Å². The van der Waals surface area contributed by atoms with Gasteiger partial charge in [0, 0.05) is 29.3 Å². The van der Waals surface area contributed by atoms with Crippen LogP contribution >= 0.6 is 23.2 Å². The molecule has 3 N–H and O–H groups in total. The Morgan fingerprint density at radius 2 is 1.71 bits per heavy atom. The zero-order valence-corrected chi connectivity index (χ0v) is 19.1. The summed E-state index contributed by atoms with van der Waals surface area (Å²) in [4.78, 5) is 15.7. The number of piperidine rings is 1. The van der Waals surface area contributed by atoms with E-state index in [4.69, 9.17) is 43.4 Å². The maximum atomic E-state index is 6.63. The third kappa shape index (κ3) is 4.28. The third-order valence-corrected chi connectivity index (χ3v) is 6.22. The normalized spacial score (nSPS) is 15.3. The largest absolute Gasteiger partial charge is 0.495 e. The Morgan fingerprint density at radius 1 is 1.06 bits per heavy atom. The summed E-state index contributed by atoms with van der Waals surface area (Å²) in [5.74, 6) is 1.69. The van der Waals surface area contributed by atoms with Crippen LogP contribution in [0.5, 0.6) is 11.5 Å². The first-order chi connectivity index (χ1) is 14.9. The van der Waals surface area contributed by atoms with Crippen LogP contribution in [0.2, 0.25) is 10.0 Å². The zero-order valence-electron chi connectivity index (χ0n) is 17.6. The summed E-state index contributed by atoms with van der Waals surface area (Å²) >= 11 is 13.3. The zero-order chi connectivity index (χ0) is 22.1. The fourth-order valence-electron chi connectivity index (χ4n) is 3.74. The lowest BCUT2D eigenvalue weighted by atomic mass is 10.0. The van der Waals surface area contributed by atoms with Gasteiger partial charge in [0.2, 0.25) is 5.95 Å². The molecule has 1 aliphatic heterocycles. The highest BCUT2D eigenvalue weighted by molar-refractivity contribution is 6.41. The maximum Gasteiger partial charge on any atom is 0.220 e. The second-order valence-corrected chi connectivity index (χ2v) is 8.28. The van der Waals surface area contributed by atoms with E-state index < -0.39 is 0 Å². The number of halogens is 2. The molecule has 0 bridgehead atoms. The number of rotatable bonds is 5. The smallest absolute Gasteiger partial charge is 0.220 e. The molecular weight excluding hydrogens is 439 g/mol. The van der Waals surface area contributed by atoms with Crippen LogP contribution in [0.1, 0.15) is 12.8 Å². The van der Waals surface area contributed by atoms with Crippen molar-refractivity contribution in [3.8, 4) is 22.8 Å². The Kier molecular flexibility index (Phi) is 6.22. The first-order valence-corrected chi connectivity index (χ1v) is 10.7. The average molecular weight is 463 g/mol. The highest BCUT2D eigenvalue weighted by Crippen LogP contribution is 2.46. The van der Waals surface area contributed by atoms with Crippen molar-refractivity contribution in [2.45, 2.75) is 18.9 Å². The van der Waals surface area contributed by atoms with E-state index in [2.05, 4.69) is 27.2 Å². The Bertz CT molecular complexity index is 1090. The molecule has 0 radical (unpaired) electrons. The monoisotopic (exact) mass is 462 g/mol. The lowest BCUT2D eigenvalue weighted by molar-refractivity contribution is 0.264. The minimum absolute atomic E-state index is 0.188. The molecule has 1 saturated heterocycles. The van der Waals surface area contributed by atoms with E-state index in [9.17, 15) is 0 Å². The highest BCUT2D eigenvalue weighted by Gasteiger charge is 2.23. The number of ether oxygens (including phenoxy) is 2. The SMILES string of the molecule is COc1cc(OC)c(Cl)c(-c2cc3cnc(N)nc3c(NC3CCN(C)CC3)n2)c1Cl. The van der Waals surface area contributed by atoms with Crippen LogP contribution in [0.4, 0.5) is 11.8 Å². The summed E-state index contributed by atoms with van der Waals surface area (Å²) in [6.45, 7) is 2.02. The van der Waals surface area contributed by atoms with Gasteiger partial charge in [0.25, 0.3) is 0 Å². The molecule has 0 unspecified atom stereocenters. The molecule has 8 nitrogen and oxygen atoms in total. The van der Waals surface area contributed by atoms with Crippen molar-refractivity contribution >= 4 is 45.9 Å². The number of nitrogens with one attached hydrogen (secondary N) is 1. The molecule has 1 aromatic carbocycles. The van der Waals surface area contributed by atoms with Crippen molar-refractivity contribution in [3.63, 3.8) is 0 Å². The van der Waals surface area contributed by atoms with Crippen molar-refractivity contribution in [2.75, 3.05) is 45.4 Å². The quantitative estimate of drug-likeness (QED) is 0.584. The molecule has 1 fully saturated rings. The van der Waals surface area contributed by atoms with Gasteiger partial charge in [-0.3, -0.25) is 0 Å². The number of likely N-dealkylation sites (tertiary alicyclic amines) is 1. The summed E-state index contributed by atoms with van der Waals surface area (Å²) in [6, 6.07) is 3.75. The molecule has 164 valence electrons. The fraction of sp³-hybridized carbons (Fsp3) is 0.381. The molecule has 2 aromatic heterocycles. The number of nitrogens with zero attached hydrogens (tertiary/aromatic N) is 4. The number of pyridine rings is 1. The number of methoxy groups -OCH3 is 2. The summed E-state index contributed by atoms with van der Waals surface area (Å²) in [7, 11) is 5.20. The van der Waals surface area contributed by atoms with Crippen LogP contribution in [-0.2, 0) is 0 Å². The Labute approximate surface area is 190 Å². The van der Waals surface area contributed by atoms with Gasteiger partial charge in [-0.25, -0.2) is 15.0 Å². The van der Waals surface area contributed by atoms with Gasteiger partial charge in [0.15, 0.2) is 5.82 Å². The van der Waals surface area contributed by atoms with E-state index >= 15 is 0 Å². The molecular formula is C21H24Cl2N6O2. The lowest BCUT2D eigenvalue weighted by Crippen LogP contribution is -2.37. The number of hydrogen-bond acceptors (Lipinski definition) is 8. The van der Waals surface area contributed by atoms with E-state index in [1.807, 2.05) is 6.07 Å². The predicted octanol–water partition coefficient (Wildman–Crippen LogP) is 4.10. The van der Waals surface area contributed by atoms with Gasteiger partial charge in [-0.2, -0.15) is 0 Å². The van der Waals surface area contributed by atoms with E-state index in [-0.39, 0.29) is 12.0 Å². The van der Waals surface area contributed by atoms with Gasteiger partial charge in [-0.1, -0.05) is 23.2 Å². The van der Waals surface area contributed by atoms with Crippen molar-refractivity contribution in [1.29, 1.82) is 0 Å². The summed E-state index contributed by atoms with van der Waals surface area (Å²) < 4.78 is 10.8. The number of fused-ring (bicyclic) bond motifs is 1. The van der Waals surface area contributed by atoms with Crippen LogP contribution < -0.4 is 20.5 Å². The van der Waals surface area contributed by atoms with Crippen molar-refractivity contribution in [1.82, 2.24) is 19.9 Å². The number of nitrogens with two attached hydrogens (primary N) is 1. The molecule has 0 saturated carbocycles. The van der Waals surface area contributed by atoms with Crippen LogP contribution in [0.3, 0.4) is 0 Å². The average Bonchev–Trinajstić information content (AvgIpc) is 2.76. The van der Waals surface area contributed by atoms with Gasteiger partial charge in [0.05, 0.1) is 30.0 Å². The Morgan fingerprint density at radius 3 is 2.32 bits per heavy atom. The molecule has 0 atom stereocenters. The predicted molar refractivity (Wildman–Crippen MR) is 124 cm³/mol. The van der Waals surface area contributed by atoms with Crippen molar-refractivity contribution in [2.24, 2.45) is 0 Å². The van der Waals surface area contributed by atoms with Gasteiger partial charge >= 0.3 is 0 Å². The van der Waals surface area contributed by atoms with Crippen LogP contribution in [0.25, 0.3) is 22.2 Å². The Balaban J connectivity index is 1.87. The van der Waals surface area contributed by atoms with Gasteiger partial charge < -0.3 is 25.4 Å². The molecule has 3 heterocycles. The lowest BCUT2D eigenvalue weighted by Gasteiger charge is -2.30. The van der Waals surface area contributed by atoms with Crippen molar-refractivity contribution in [3.05, 3.63) is 28.4 Å². The molecule has 31 heavy (non-hydrogen) atoms. The molecule has 1 aliphatic rings. The highest BCUT2D eigenvalue weighted by atomic mass is 35.5.